The summed E-state index contributed by atoms with van der Waals surface area (Å²) >= 11 is 6.99. The molecule has 9 nitrogen and oxygen atoms in total. The van der Waals surface area contributed by atoms with E-state index in [1.807, 2.05) is 0 Å². The van der Waals surface area contributed by atoms with E-state index < -0.39 is 42.1 Å². The van der Waals surface area contributed by atoms with E-state index in [1.165, 1.54) is 31.1 Å². The summed E-state index contributed by atoms with van der Waals surface area (Å²) in [6.45, 7) is 1.63. The highest BCUT2D eigenvalue weighted by Crippen LogP contribution is 2.39. The molecule has 0 bridgehead atoms. The third kappa shape index (κ3) is 4.91. The van der Waals surface area contributed by atoms with Crippen molar-refractivity contribution in [1.29, 1.82) is 0 Å². The highest BCUT2D eigenvalue weighted by atomic mass is 35.5. The monoisotopic (exact) mass is 530 g/mol. The van der Waals surface area contributed by atoms with E-state index >= 15 is 0 Å². The SMILES string of the molecule is CC1=C(CC(=O)Nc2nc(-c3ccc(OC(F)(F)F)c(Cl)c3)cs2)C2C(=O)N(C)C(=O)N(C)C2O1. The Morgan fingerprint density at radius 1 is 1.31 bits per heavy atom. The summed E-state index contributed by atoms with van der Waals surface area (Å²) in [4.78, 5) is 44.1. The van der Waals surface area contributed by atoms with Gasteiger partial charge in [0.2, 0.25) is 11.8 Å². The Morgan fingerprint density at radius 2 is 2.03 bits per heavy atom. The smallest absolute Gasteiger partial charge is 0.474 e. The number of fused-ring (bicyclic) bond motifs is 1. The molecule has 0 radical (unpaired) electrons. The fourth-order valence-corrected chi connectivity index (χ4v) is 4.80. The molecular weight excluding hydrogens is 513 g/mol. The highest BCUT2D eigenvalue weighted by Gasteiger charge is 2.51. The van der Waals surface area contributed by atoms with Crippen molar-refractivity contribution in [3.8, 4) is 17.0 Å². The Morgan fingerprint density at radius 3 is 2.69 bits per heavy atom. The molecule has 1 saturated heterocycles. The number of thiazole rings is 1. The maximum Gasteiger partial charge on any atom is 0.573 e. The van der Waals surface area contributed by atoms with E-state index in [2.05, 4.69) is 15.0 Å². The number of benzene rings is 1. The Balaban J connectivity index is 1.44. The van der Waals surface area contributed by atoms with Gasteiger partial charge in [-0.25, -0.2) is 9.78 Å². The molecule has 2 aliphatic heterocycles. The molecule has 14 heteroatoms. The van der Waals surface area contributed by atoms with Gasteiger partial charge in [-0.2, -0.15) is 0 Å². The third-order valence-corrected chi connectivity index (χ3v) is 6.59. The molecule has 0 spiro atoms. The fourth-order valence-electron chi connectivity index (χ4n) is 3.84. The summed E-state index contributed by atoms with van der Waals surface area (Å²) in [7, 11) is 2.89. The Hall–Kier alpha value is -3.32. The molecule has 1 N–H and O–H groups in total. The molecule has 3 heterocycles. The van der Waals surface area contributed by atoms with E-state index in [9.17, 15) is 27.6 Å². The van der Waals surface area contributed by atoms with Crippen LogP contribution in [0, 0.1) is 5.92 Å². The number of nitrogens with zero attached hydrogens (tertiary/aromatic N) is 3. The van der Waals surface area contributed by atoms with Crippen molar-refractivity contribution < 1.29 is 37.0 Å². The summed E-state index contributed by atoms with van der Waals surface area (Å²) in [5.74, 6) is -1.84. The lowest BCUT2D eigenvalue weighted by Gasteiger charge is -2.37. The number of nitrogens with one attached hydrogen (secondary N) is 1. The second-order valence-corrected chi connectivity index (χ2v) is 9.08. The molecule has 4 amide bonds. The molecule has 0 saturated carbocycles. The van der Waals surface area contributed by atoms with E-state index in [4.69, 9.17) is 16.3 Å². The summed E-state index contributed by atoms with van der Waals surface area (Å²) in [5.41, 5.74) is 1.28. The van der Waals surface area contributed by atoms with Gasteiger partial charge in [-0.15, -0.1) is 24.5 Å². The minimum absolute atomic E-state index is 0.154. The normalized spacial score (nSPS) is 20.2. The fraction of sp³-hybridized carbons (Fsp3) is 0.333. The van der Waals surface area contributed by atoms with Crippen LogP contribution in [-0.2, 0) is 14.3 Å². The number of hydrogen-bond acceptors (Lipinski definition) is 7. The van der Waals surface area contributed by atoms with Crippen molar-refractivity contribution in [2.45, 2.75) is 25.9 Å². The van der Waals surface area contributed by atoms with Crippen LogP contribution < -0.4 is 10.1 Å². The van der Waals surface area contributed by atoms with Gasteiger partial charge in [0, 0.05) is 25.0 Å². The molecule has 1 aromatic carbocycles. The second kappa shape index (κ2) is 9.04. The number of carbonyl (C=O) groups is 3. The predicted octanol–water partition coefficient (Wildman–Crippen LogP) is 4.46. The lowest BCUT2D eigenvalue weighted by molar-refractivity contribution is -0.274. The minimum atomic E-state index is -4.87. The quantitative estimate of drug-likeness (QED) is 0.612. The molecule has 2 unspecified atom stereocenters. The van der Waals surface area contributed by atoms with E-state index in [-0.39, 0.29) is 16.6 Å². The molecule has 1 fully saturated rings. The molecular formula is C21H18ClF3N4O5S. The van der Waals surface area contributed by atoms with Crippen molar-refractivity contribution >= 4 is 45.9 Å². The van der Waals surface area contributed by atoms with Crippen molar-refractivity contribution in [2.24, 2.45) is 5.92 Å². The maximum atomic E-state index is 12.7. The van der Waals surface area contributed by atoms with Gasteiger partial charge in [-0.1, -0.05) is 11.6 Å². The van der Waals surface area contributed by atoms with Crippen LogP contribution in [0.5, 0.6) is 5.75 Å². The van der Waals surface area contributed by atoms with Crippen LogP contribution >= 0.6 is 22.9 Å². The van der Waals surface area contributed by atoms with Crippen molar-refractivity contribution in [3.05, 3.63) is 39.9 Å². The number of hydrogen-bond donors (Lipinski definition) is 1. The van der Waals surface area contributed by atoms with Crippen molar-refractivity contribution in [2.75, 3.05) is 19.4 Å². The number of alkyl halides is 3. The van der Waals surface area contributed by atoms with E-state index in [0.29, 0.717) is 22.6 Å². The van der Waals surface area contributed by atoms with Gasteiger partial charge in [-0.3, -0.25) is 19.4 Å². The predicted molar refractivity (Wildman–Crippen MR) is 119 cm³/mol. The highest BCUT2D eigenvalue weighted by molar-refractivity contribution is 7.14. The number of anilines is 1. The first-order valence-corrected chi connectivity index (χ1v) is 11.3. The van der Waals surface area contributed by atoms with Crippen LogP contribution in [0.4, 0.5) is 23.1 Å². The van der Waals surface area contributed by atoms with Gasteiger partial charge in [0.05, 0.1) is 22.9 Å². The van der Waals surface area contributed by atoms with Crippen LogP contribution in [0.1, 0.15) is 13.3 Å². The summed E-state index contributed by atoms with van der Waals surface area (Å²) in [6, 6.07) is 3.22. The van der Waals surface area contributed by atoms with Gasteiger partial charge in [0.1, 0.15) is 11.7 Å². The van der Waals surface area contributed by atoms with Crippen LogP contribution in [-0.4, -0.2) is 59.3 Å². The Kier molecular flexibility index (Phi) is 6.40. The molecule has 1 aromatic heterocycles. The molecule has 0 aliphatic carbocycles. The lowest BCUT2D eigenvalue weighted by atomic mass is 9.92. The number of imide groups is 1. The number of aromatic nitrogens is 1. The average molecular weight is 531 g/mol. The van der Waals surface area contributed by atoms with Crippen LogP contribution in [0.2, 0.25) is 5.02 Å². The summed E-state index contributed by atoms with van der Waals surface area (Å²) < 4.78 is 46.8. The number of amides is 4. The molecule has 35 heavy (non-hydrogen) atoms. The first-order chi connectivity index (χ1) is 16.4. The van der Waals surface area contributed by atoms with Crippen LogP contribution in [0.15, 0.2) is 34.9 Å². The zero-order valence-corrected chi connectivity index (χ0v) is 20.0. The molecule has 186 valence electrons. The largest absolute Gasteiger partial charge is 0.573 e. The molecule has 2 aliphatic rings. The topological polar surface area (TPSA) is 101 Å². The summed E-state index contributed by atoms with van der Waals surface area (Å²) in [6.07, 6.45) is -5.84. The Labute approximate surface area is 206 Å². The lowest BCUT2D eigenvalue weighted by Crippen LogP contribution is -2.58. The molecule has 4 rings (SSSR count). The third-order valence-electron chi connectivity index (χ3n) is 5.53. The average Bonchev–Trinajstić information content (AvgIpc) is 3.36. The van der Waals surface area contributed by atoms with Gasteiger partial charge in [-0.05, 0) is 30.7 Å². The zero-order chi connectivity index (χ0) is 25.7. The zero-order valence-electron chi connectivity index (χ0n) is 18.5. The molecule has 2 aromatic rings. The molecule has 2 atom stereocenters. The first kappa shape index (κ1) is 24.8. The minimum Gasteiger partial charge on any atom is -0.474 e. The van der Waals surface area contributed by atoms with Crippen molar-refractivity contribution in [3.63, 3.8) is 0 Å². The maximum absolute atomic E-state index is 12.7. The number of carbonyl (C=O) groups excluding carboxylic acids is 3. The number of halogens is 4. The standard InChI is InChI=1S/C21H18ClF3N4O5S/c1-9-11(16-17(31)28(2)20(32)29(3)18(16)33-9)7-15(30)27-19-26-13(8-35-19)10-4-5-14(12(22)6-10)34-21(23,24)25/h4-6,8,16,18H,7H2,1-3H3,(H,26,27,30). The first-order valence-electron chi connectivity index (χ1n) is 10.1. The number of rotatable bonds is 5. The number of urea groups is 1. The van der Waals surface area contributed by atoms with Crippen molar-refractivity contribution in [1.82, 2.24) is 14.8 Å². The van der Waals surface area contributed by atoms with E-state index in [1.54, 1.807) is 12.3 Å². The van der Waals surface area contributed by atoms with Crippen LogP contribution in [0.3, 0.4) is 0 Å². The Bertz CT molecular complexity index is 1250. The van der Waals surface area contributed by atoms with Gasteiger partial charge in [0.15, 0.2) is 11.4 Å². The van der Waals surface area contributed by atoms with Crippen LogP contribution in [0.25, 0.3) is 11.3 Å². The second-order valence-electron chi connectivity index (χ2n) is 7.81. The van der Waals surface area contributed by atoms with Gasteiger partial charge >= 0.3 is 12.4 Å². The van der Waals surface area contributed by atoms with Gasteiger partial charge in [0.25, 0.3) is 0 Å². The van der Waals surface area contributed by atoms with E-state index in [0.717, 1.165) is 22.3 Å². The summed E-state index contributed by atoms with van der Waals surface area (Å²) in [5, 5.41) is 4.24. The number of allylic oxidation sites excluding steroid dienone is 1. The van der Waals surface area contributed by atoms with Gasteiger partial charge < -0.3 is 14.8 Å². The number of ether oxygens (including phenoxy) is 2.